The van der Waals surface area contributed by atoms with E-state index in [-0.39, 0.29) is 5.91 Å². The van der Waals surface area contributed by atoms with Crippen molar-refractivity contribution in [3.8, 4) is 0 Å². The molecule has 1 atom stereocenters. The molecular formula is C10H16N2O4. The molecule has 6 nitrogen and oxygen atoms in total. The summed E-state index contributed by atoms with van der Waals surface area (Å²) < 4.78 is 0. The summed E-state index contributed by atoms with van der Waals surface area (Å²) in [5.74, 6) is -2.93. The van der Waals surface area contributed by atoms with Gasteiger partial charge in [-0.05, 0) is 26.2 Å². The van der Waals surface area contributed by atoms with Crippen LogP contribution in [0.5, 0.6) is 0 Å². The maximum atomic E-state index is 11.8. The van der Waals surface area contributed by atoms with Crippen LogP contribution >= 0.6 is 0 Å². The van der Waals surface area contributed by atoms with Gasteiger partial charge in [-0.1, -0.05) is 0 Å². The zero-order valence-corrected chi connectivity index (χ0v) is 9.23. The lowest BCUT2D eigenvalue weighted by Crippen LogP contribution is -2.49. The summed E-state index contributed by atoms with van der Waals surface area (Å²) in [5.41, 5.74) is 0. The first kappa shape index (κ1) is 12.5. The van der Waals surface area contributed by atoms with E-state index in [4.69, 9.17) is 5.11 Å². The van der Waals surface area contributed by atoms with Crippen LogP contribution < -0.4 is 5.32 Å². The number of carboxylic acid groups (broad SMARTS) is 1. The van der Waals surface area contributed by atoms with E-state index in [2.05, 4.69) is 5.32 Å². The molecule has 1 saturated heterocycles. The van der Waals surface area contributed by atoms with Gasteiger partial charge in [0.15, 0.2) is 0 Å². The van der Waals surface area contributed by atoms with Gasteiger partial charge >= 0.3 is 11.9 Å². The van der Waals surface area contributed by atoms with Crippen molar-refractivity contribution in [2.45, 2.75) is 32.2 Å². The average molecular weight is 228 g/mol. The van der Waals surface area contributed by atoms with Gasteiger partial charge in [0.05, 0.1) is 0 Å². The van der Waals surface area contributed by atoms with Crippen molar-refractivity contribution in [1.82, 2.24) is 10.2 Å². The van der Waals surface area contributed by atoms with Gasteiger partial charge in [0.25, 0.3) is 0 Å². The molecule has 0 radical (unpaired) electrons. The Morgan fingerprint density at radius 3 is 2.25 bits per heavy atom. The van der Waals surface area contributed by atoms with Crippen molar-refractivity contribution in [2.75, 3.05) is 13.1 Å². The fraction of sp³-hybridized carbons (Fsp3) is 0.700. The number of aliphatic carboxylic acids is 1. The monoisotopic (exact) mass is 228 g/mol. The number of carboxylic acids is 1. The number of amides is 2. The van der Waals surface area contributed by atoms with Crippen LogP contribution in [0.15, 0.2) is 0 Å². The normalized spacial score (nSPS) is 17.7. The third-order valence-corrected chi connectivity index (χ3v) is 2.58. The van der Waals surface area contributed by atoms with Crippen molar-refractivity contribution >= 4 is 17.8 Å². The molecule has 90 valence electrons. The second-order valence-electron chi connectivity index (χ2n) is 3.89. The molecule has 1 fully saturated rings. The average Bonchev–Trinajstić information content (AvgIpc) is 2.28. The van der Waals surface area contributed by atoms with Crippen LogP contribution in [0.1, 0.15) is 26.2 Å². The van der Waals surface area contributed by atoms with Crippen molar-refractivity contribution in [2.24, 2.45) is 0 Å². The number of hydrogen-bond donors (Lipinski definition) is 2. The predicted molar refractivity (Wildman–Crippen MR) is 55.7 cm³/mol. The highest BCUT2D eigenvalue weighted by atomic mass is 16.4. The van der Waals surface area contributed by atoms with Crippen molar-refractivity contribution in [3.05, 3.63) is 0 Å². The molecule has 1 unspecified atom stereocenters. The second kappa shape index (κ2) is 5.48. The number of likely N-dealkylation sites (tertiary alicyclic amines) is 1. The number of rotatable bonds is 2. The molecule has 1 aliphatic rings. The smallest absolute Gasteiger partial charge is 0.394 e. The largest absolute Gasteiger partial charge is 0.474 e. The number of nitrogens with zero attached hydrogens (tertiary/aromatic N) is 1. The van der Waals surface area contributed by atoms with Gasteiger partial charge < -0.3 is 15.3 Å². The quantitative estimate of drug-likeness (QED) is 0.629. The van der Waals surface area contributed by atoms with Gasteiger partial charge in [-0.25, -0.2) is 4.79 Å². The minimum Gasteiger partial charge on any atom is -0.474 e. The SMILES string of the molecule is CC(NC(=O)C(=O)O)C(=O)N1CCCCC1. The lowest BCUT2D eigenvalue weighted by Gasteiger charge is -2.29. The highest BCUT2D eigenvalue weighted by molar-refractivity contribution is 6.31. The van der Waals surface area contributed by atoms with Crippen LogP contribution in [0.25, 0.3) is 0 Å². The van der Waals surface area contributed by atoms with Gasteiger partial charge in [0.1, 0.15) is 6.04 Å². The number of carbonyl (C=O) groups excluding carboxylic acids is 2. The van der Waals surface area contributed by atoms with E-state index in [9.17, 15) is 14.4 Å². The standard InChI is InChI=1S/C10H16N2O4/c1-7(11-8(13)10(15)16)9(14)12-5-3-2-4-6-12/h7H,2-6H2,1H3,(H,11,13)(H,15,16). The molecule has 0 aromatic carbocycles. The molecule has 0 aliphatic carbocycles. The Balaban J connectivity index is 2.46. The lowest BCUT2D eigenvalue weighted by atomic mass is 10.1. The van der Waals surface area contributed by atoms with Gasteiger partial charge in [0.2, 0.25) is 5.91 Å². The maximum absolute atomic E-state index is 11.8. The molecule has 16 heavy (non-hydrogen) atoms. The molecule has 0 aromatic heterocycles. The first-order valence-electron chi connectivity index (χ1n) is 5.35. The summed E-state index contributed by atoms with van der Waals surface area (Å²) >= 11 is 0. The van der Waals surface area contributed by atoms with E-state index in [1.807, 2.05) is 0 Å². The molecule has 6 heteroatoms. The summed E-state index contributed by atoms with van der Waals surface area (Å²) in [7, 11) is 0. The Labute approximate surface area is 93.6 Å². The van der Waals surface area contributed by atoms with Crippen LogP contribution in [-0.4, -0.2) is 46.9 Å². The zero-order valence-electron chi connectivity index (χ0n) is 9.23. The van der Waals surface area contributed by atoms with Crippen molar-refractivity contribution in [3.63, 3.8) is 0 Å². The highest BCUT2D eigenvalue weighted by Crippen LogP contribution is 2.09. The molecule has 1 heterocycles. The van der Waals surface area contributed by atoms with E-state index in [0.29, 0.717) is 13.1 Å². The minimum atomic E-state index is -1.57. The van der Waals surface area contributed by atoms with E-state index in [0.717, 1.165) is 19.3 Å². The minimum absolute atomic E-state index is 0.214. The first-order valence-corrected chi connectivity index (χ1v) is 5.35. The summed E-state index contributed by atoms with van der Waals surface area (Å²) in [6, 6.07) is -0.776. The number of hydrogen-bond acceptors (Lipinski definition) is 3. The van der Waals surface area contributed by atoms with Crippen LogP contribution in [0.2, 0.25) is 0 Å². The zero-order chi connectivity index (χ0) is 12.1. The van der Waals surface area contributed by atoms with Gasteiger partial charge in [-0.3, -0.25) is 9.59 Å². The Kier molecular flexibility index (Phi) is 4.28. The Morgan fingerprint density at radius 2 is 1.75 bits per heavy atom. The van der Waals surface area contributed by atoms with Gasteiger partial charge in [0, 0.05) is 13.1 Å². The van der Waals surface area contributed by atoms with Crippen LogP contribution in [0.4, 0.5) is 0 Å². The number of nitrogens with one attached hydrogen (secondary N) is 1. The van der Waals surface area contributed by atoms with Crippen molar-refractivity contribution in [1.29, 1.82) is 0 Å². The van der Waals surface area contributed by atoms with Gasteiger partial charge in [-0.15, -0.1) is 0 Å². The fourth-order valence-corrected chi connectivity index (χ4v) is 1.71. The third-order valence-electron chi connectivity index (χ3n) is 2.58. The maximum Gasteiger partial charge on any atom is 0.394 e. The van der Waals surface area contributed by atoms with Crippen LogP contribution in [0.3, 0.4) is 0 Å². The van der Waals surface area contributed by atoms with Gasteiger partial charge in [-0.2, -0.15) is 0 Å². The summed E-state index contributed by atoms with van der Waals surface area (Å²) in [6.45, 7) is 2.87. The Bertz CT molecular complexity index is 297. The topological polar surface area (TPSA) is 86.7 Å². The summed E-state index contributed by atoms with van der Waals surface area (Å²) in [4.78, 5) is 34.6. The van der Waals surface area contributed by atoms with Crippen LogP contribution in [-0.2, 0) is 14.4 Å². The van der Waals surface area contributed by atoms with E-state index in [1.165, 1.54) is 6.92 Å². The molecule has 1 rings (SSSR count). The Morgan fingerprint density at radius 1 is 1.19 bits per heavy atom. The molecule has 2 amide bonds. The highest BCUT2D eigenvalue weighted by Gasteiger charge is 2.24. The lowest BCUT2D eigenvalue weighted by molar-refractivity contribution is -0.151. The summed E-state index contributed by atoms with van der Waals surface area (Å²) in [5, 5.41) is 10.5. The predicted octanol–water partition coefficient (Wildman–Crippen LogP) is -0.412. The van der Waals surface area contributed by atoms with E-state index in [1.54, 1.807) is 4.90 Å². The molecule has 0 saturated carbocycles. The third kappa shape index (κ3) is 3.22. The van der Waals surface area contributed by atoms with Crippen molar-refractivity contribution < 1.29 is 19.5 Å². The number of piperidine rings is 1. The Hall–Kier alpha value is -1.59. The molecule has 2 N–H and O–H groups in total. The fourth-order valence-electron chi connectivity index (χ4n) is 1.71. The second-order valence-corrected chi connectivity index (χ2v) is 3.89. The first-order chi connectivity index (χ1) is 7.52. The van der Waals surface area contributed by atoms with E-state index >= 15 is 0 Å². The molecule has 1 aliphatic heterocycles. The molecular weight excluding hydrogens is 212 g/mol. The molecule has 0 bridgehead atoms. The molecule has 0 aromatic rings. The summed E-state index contributed by atoms with van der Waals surface area (Å²) in [6.07, 6.45) is 3.04. The van der Waals surface area contributed by atoms with Crippen LogP contribution in [0, 0.1) is 0 Å². The molecule has 0 spiro atoms. The number of carbonyl (C=O) groups is 3. The van der Waals surface area contributed by atoms with E-state index < -0.39 is 17.9 Å².